The van der Waals surface area contributed by atoms with Gasteiger partial charge in [0.2, 0.25) is 0 Å². The molecule has 1 saturated carbocycles. The molecule has 0 bridgehead atoms. The molecule has 94 valence electrons. The van der Waals surface area contributed by atoms with Crippen LogP contribution in [0.2, 0.25) is 0 Å². The zero-order valence-electron chi connectivity index (χ0n) is 10.6. The van der Waals surface area contributed by atoms with Crippen molar-refractivity contribution in [3.8, 4) is 0 Å². The maximum atomic E-state index is 12.8. The number of halogens is 1. The topological polar surface area (TPSA) is 24.9 Å². The minimum atomic E-state index is -0.266. The predicted octanol–water partition coefficient (Wildman–Crippen LogP) is 3.45. The molecule has 1 aromatic heterocycles. The van der Waals surface area contributed by atoms with Crippen molar-refractivity contribution >= 4 is 0 Å². The first-order chi connectivity index (χ1) is 8.20. The van der Waals surface area contributed by atoms with Gasteiger partial charge >= 0.3 is 0 Å². The van der Waals surface area contributed by atoms with Crippen molar-refractivity contribution < 1.29 is 4.39 Å². The van der Waals surface area contributed by atoms with E-state index in [-0.39, 0.29) is 11.9 Å². The molecule has 2 nitrogen and oxygen atoms in total. The van der Waals surface area contributed by atoms with E-state index in [2.05, 4.69) is 24.1 Å². The third-order valence-electron chi connectivity index (χ3n) is 3.79. The van der Waals surface area contributed by atoms with E-state index in [0.29, 0.717) is 6.04 Å². The average molecular weight is 236 g/mol. The second-order valence-electron chi connectivity index (χ2n) is 5.04. The van der Waals surface area contributed by atoms with Crippen LogP contribution in [0.4, 0.5) is 4.39 Å². The number of rotatable bonds is 4. The second kappa shape index (κ2) is 5.58. The highest BCUT2D eigenvalue weighted by Crippen LogP contribution is 2.27. The van der Waals surface area contributed by atoms with Crippen molar-refractivity contribution in [3.05, 3.63) is 29.8 Å². The summed E-state index contributed by atoms with van der Waals surface area (Å²) in [6.07, 6.45) is 6.16. The molecular weight excluding hydrogens is 215 g/mol. The van der Waals surface area contributed by atoms with Gasteiger partial charge in [-0.2, -0.15) is 0 Å². The van der Waals surface area contributed by atoms with Crippen molar-refractivity contribution in [2.45, 2.75) is 51.6 Å². The summed E-state index contributed by atoms with van der Waals surface area (Å²) in [4.78, 5) is 4.18. The Morgan fingerprint density at radius 3 is 2.82 bits per heavy atom. The molecule has 0 radical (unpaired) electrons. The van der Waals surface area contributed by atoms with Crippen molar-refractivity contribution in [1.29, 1.82) is 0 Å². The van der Waals surface area contributed by atoms with Gasteiger partial charge in [0, 0.05) is 12.1 Å². The maximum Gasteiger partial charge on any atom is 0.141 e. The van der Waals surface area contributed by atoms with E-state index in [1.165, 1.54) is 31.5 Å². The smallest absolute Gasteiger partial charge is 0.141 e. The van der Waals surface area contributed by atoms with Gasteiger partial charge in [-0.3, -0.25) is 4.98 Å². The van der Waals surface area contributed by atoms with Crippen LogP contribution in [-0.4, -0.2) is 11.0 Å². The quantitative estimate of drug-likeness (QED) is 0.866. The number of nitrogens with one attached hydrogen (secondary N) is 1. The molecule has 3 heteroatoms. The number of aromatic nitrogens is 1. The molecule has 0 saturated heterocycles. The van der Waals surface area contributed by atoms with Crippen molar-refractivity contribution in [2.75, 3.05) is 0 Å². The first kappa shape index (κ1) is 12.5. The molecule has 1 aliphatic carbocycles. The first-order valence-electron chi connectivity index (χ1n) is 6.58. The lowest BCUT2D eigenvalue weighted by molar-refractivity contribution is 0.365. The number of hydrogen-bond acceptors (Lipinski definition) is 2. The molecule has 1 fully saturated rings. The van der Waals surface area contributed by atoms with Crippen LogP contribution in [0, 0.1) is 11.7 Å². The van der Waals surface area contributed by atoms with Gasteiger partial charge in [0.25, 0.3) is 0 Å². The molecule has 1 heterocycles. The summed E-state index contributed by atoms with van der Waals surface area (Å²) in [7, 11) is 0. The summed E-state index contributed by atoms with van der Waals surface area (Å²) in [6, 6.07) is 4.12. The molecule has 3 unspecified atom stereocenters. The van der Waals surface area contributed by atoms with Crippen LogP contribution in [0.5, 0.6) is 0 Å². The monoisotopic (exact) mass is 236 g/mol. The van der Waals surface area contributed by atoms with Crippen LogP contribution in [0.3, 0.4) is 0 Å². The molecule has 1 aliphatic rings. The highest BCUT2D eigenvalue weighted by molar-refractivity contribution is 5.10. The first-order valence-corrected chi connectivity index (χ1v) is 6.58. The Hall–Kier alpha value is -0.960. The summed E-state index contributed by atoms with van der Waals surface area (Å²) in [5.41, 5.74) is 0.952. The van der Waals surface area contributed by atoms with E-state index in [9.17, 15) is 4.39 Å². The van der Waals surface area contributed by atoms with Crippen molar-refractivity contribution in [2.24, 2.45) is 5.92 Å². The van der Waals surface area contributed by atoms with Crippen LogP contribution in [-0.2, 0) is 0 Å². The standard InChI is InChI=1S/C14H21FN2/c1-3-12(14-8-7-11(15)9-16-14)17-13-6-4-5-10(13)2/h7-10,12-13,17H,3-6H2,1-2H3. The lowest BCUT2D eigenvalue weighted by atomic mass is 10.0. The molecule has 1 N–H and O–H groups in total. The van der Waals surface area contributed by atoms with Gasteiger partial charge in [0.05, 0.1) is 11.9 Å². The normalized spacial score (nSPS) is 26.1. The summed E-state index contributed by atoms with van der Waals surface area (Å²) < 4.78 is 12.8. The minimum absolute atomic E-state index is 0.251. The Morgan fingerprint density at radius 1 is 1.47 bits per heavy atom. The van der Waals surface area contributed by atoms with Gasteiger partial charge in [0.1, 0.15) is 5.82 Å². The molecule has 0 aliphatic heterocycles. The van der Waals surface area contributed by atoms with E-state index in [1.54, 1.807) is 6.07 Å². The fraction of sp³-hybridized carbons (Fsp3) is 0.643. The average Bonchev–Trinajstić information content (AvgIpc) is 2.73. The summed E-state index contributed by atoms with van der Waals surface area (Å²) >= 11 is 0. The summed E-state index contributed by atoms with van der Waals surface area (Å²) in [5, 5.41) is 3.67. The van der Waals surface area contributed by atoms with E-state index in [0.717, 1.165) is 18.0 Å². The van der Waals surface area contributed by atoms with Crippen LogP contribution in [0.1, 0.15) is 51.3 Å². The third kappa shape index (κ3) is 3.03. The van der Waals surface area contributed by atoms with Gasteiger partial charge in [-0.15, -0.1) is 0 Å². The SMILES string of the molecule is CCC(NC1CCCC1C)c1ccc(F)cn1. The molecule has 1 aromatic rings. The van der Waals surface area contributed by atoms with Crippen LogP contribution in [0.15, 0.2) is 18.3 Å². The molecule has 0 spiro atoms. The highest BCUT2D eigenvalue weighted by Gasteiger charge is 2.25. The number of hydrogen-bond donors (Lipinski definition) is 1. The van der Waals surface area contributed by atoms with Gasteiger partial charge < -0.3 is 5.32 Å². The van der Waals surface area contributed by atoms with Crippen LogP contribution < -0.4 is 5.32 Å². The largest absolute Gasteiger partial charge is 0.306 e. The van der Waals surface area contributed by atoms with Crippen LogP contribution in [0.25, 0.3) is 0 Å². The van der Waals surface area contributed by atoms with E-state index in [4.69, 9.17) is 0 Å². The van der Waals surface area contributed by atoms with E-state index in [1.807, 2.05) is 0 Å². The maximum absolute atomic E-state index is 12.8. The van der Waals surface area contributed by atoms with Crippen molar-refractivity contribution in [3.63, 3.8) is 0 Å². The molecule has 17 heavy (non-hydrogen) atoms. The summed E-state index contributed by atoms with van der Waals surface area (Å²) in [6.45, 7) is 4.44. The fourth-order valence-electron chi connectivity index (χ4n) is 2.66. The van der Waals surface area contributed by atoms with Gasteiger partial charge in [-0.05, 0) is 37.3 Å². The molecule has 2 rings (SSSR count). The van der Waals surface area contributed by atoms with E-state index < -0.39 is 0 Å². The molecular formula is C14H21FN2. The Balaban J connectivity index is 2.03. The Bertz CT molecular complexity index is 350. The Kier molecular flexibility index (Phi) is 4.11. The lowest BCUT2D eigenvalue weighted by Crippen LogP contribution is -2.34. The van der Waals surface area contributed by atoms with Gasteiger partial charge in [-0.25, -0.2) is 4.39 Å². The van der Waals surface area contributed by atoms with Crippen LogP contribution >= 0.6 is 0 Å². The van der Waals surface area contributed by atoms with Gasteiger partial charge in [0.15, 0.2) is 0 Å². The van der Waals surface area contributed by atoms with Gasteiger partial charge in [-0.1, -0.05) is 20.3 Å². The Labute approximate surface area is 103 Å². The summed E-state index contributed by atoms with van der Waals surface area (Å²) in [5.74, 6) is 0.474. The fourth-order valence-corrected chi connectivity index (χ4v) is 2.66. The third-order valence-corrected chi connectivity index (χ3v) is 3.79. The molecule has 0 aromatic carbocycles. The Morgan fingerprint density at radius 2 is 2.29 bits per heavy atom. The number of nitrogens with zero attached hydrogens (tertiary/aromatic N) is 1. The predicted molar refractivity (Wildman–Crippen MR) is 67.2 cm³/mol. The second-order valence-corrected chi connectivity index (χ2v) is 5.04. The minimum Gasteiger partial charge on any atom is -0.306 e. The molecule has 0 amide bonds. The lowest BCUT2D eigenvalue weighted by Gasteiger charge is -2.24. The molecule has 3 atom stereocenters. The van der Waals surface area contributed by atoms with Crippen molar-refractivity contribution in [1.82, 2.24) is 10.3 Å². The highest BCUT2D eigenvalue weighted by atomic mass is 19.1. The zero-order valence-corrected chi connectivity index (χ0v) is 10.6. The zero-order chi connectivity index (χ0) is 12.3. The van der Waals surface area contributed by atoms with E-state index >= 15 is 0 Å². The number of pyridine rings is 1.